The number of unbranched alkanes of at least 4 members (excludes halogenated alkanes) is 1. The first kappa shape index (κ1) is 42.4. The molecule has 1 atom stereocenters. The predicted molar refractivity (Wildman–Crippen MR) is 192 cm³/mol. The number of hydrogen-bond acceptors (Lipinski definition) is 10. The highest BCUT2D eigenvalue weighted by Crippen LogP contribution is 2.43. The van der Waals surface area contributed by atoms with E-state index in [-0.39, 0.29) is 30.4 Å². The fraction of sp³-hybridized carbons (Fsp3) is 0.706. The molecule has 0 saturated carbocycles. The van der Waals surface area contributed by atoms with Crippen LogP contribution >= 0.6 is 0 Å². The number of nitrogens with zero attached hydrogens (tertiary/aromatic N) is 2. The quantitative estimate of drug-likeness (QED) is 0.0332. The molecule has 1 aliphatic rings. The monoisotopic (exact) mass is 725 g/mol. The maximum atomic E-state index is 13.4. The van der Waals surface area contributed by atoms with E-state index in [9.17, 15) is 22.8 Å². The van der Waals surface area contributed by atoms with Gasteiger partial charge in [-0.05, 0) is 112 Å². The Morgan fingerprint density at radius 3 is 2.24 bits per heavy atom. The normalized spacial score (nSPS) is 14.3. The van der Waals surface area contributed by atoms with Crippen molar-refractivity contribution in [3.8, 4) is 5.75 Å². The number of guanidine groups is 1. The van der Waals surface area contributed by atoms with E-state index in [0.717, 1.165) is 21.9 Å². The van der Waals surface area contributed by atoms with Gasteiger partial charge < -0.3 is 29.7 Å². The molecular formula is C34H59N7O8S. The molecule has 0 aliphatic carbocycles. The van der Waals surface area contributed by atoms with Gasteiger partial charge in [0.25, 0.3) is 10.0 Å². The zero-order valence-electron chi connectivity index (χ0n) is 31.7. The molecule has 3 amide bonds. The number of nitrogens with two attached hydrogens (primary N) is 1. The standard InChI is InChI=1S/C34H59N7O8S/c1-21(2)40(32(44)49-33(6,7)8)17-12-13-18-41(36)31(43)38-25(19-27(42)47-11)15-14-16-37-30(35)39-50(45,46)29-23(4)22(3)28-26(24(29)5)20-34(9,10)48-28/h21,25H,12-20,36H2,1-11H3,(H,38,43)(H3,35,37,39). The van der Waals surface area contributed by atoms with Crippen LogP contribution in [-0.2, 0) is 30.7 Å². The van der Waals surface area contributed by atoms with Gasteiger partial charge in [0.15, 0.2) is 0 Å². The zero-order chi connectivity index (χ0) is 38.2. The van der Waals surface area contributed by atoms with Crippen LogP contribution in [0.25, 0.3) is 0 Å². The Balaban J connectivity index is 1.91. The third kappa shape index (κ3) is 12.2. The number of methoxy groups -OCH3 is 1. The first-order valence-electron chi connectivity index (χ1n) is 17.1. The maximum Gasteiger partial charge on any atom is 0.410 e. The van der Waals surface area contributed by atoms with Gasteiger partial charge in [0.1, 0.15) is 17.0 Å². The number of carbonyl (C=O) groups is 3. The molecule has 0 aromatic heterocycles. The average molecular weight is 726 g/mol. The second kappa shape index (κ2) is 17.4. The lowest BCUT2D eigenvalue weighted by Gasteiger charge is -2.30. The van der Waals surface area contributed by atoms with E-state index >= 15 is 0 Å². The van der Waals surface area contributed by atoms with Gasteiger partial charge in [-0.1, -0.05) is 0 Å². The summed E-state index contributed by atoms with van der Waals surface area (Å²) in [6.45, 7) is 19.3. The minimum absolute atomic E-state index is 0.0647. The Bertz CT molecular complexity index is 1510. The molecule has 1 aromatic rings. The summed E-state index contributed by atoms with van der Waals surface area (Å²) in [4.78, 5) is 39.2. The van der Waals surface area contributed by atoms with Crippen LogP contribution in [0.2, 0.25) is 0 Å². The van der Waals surface area contributed by atoms with Crippen molar-refractivity contribution in [3.05, 3.63) is 22.3 Å². The second-order valence-electron chi connectivity index (χ2n) is 14.7. The molecule has 0 bridgehead atoms. The van der Waals surface area contributed by atoms with Crippen molar-refractivity contribution in [1.82, 2.24) is 25.3 Å². The first-order chi connectivity index (χ1) is 23.0. The van der Waals surface area contributed by atoms with Crippen LogP contribution < -0.4 is 25.9 Å². The number of ether oxygens (including phenoxy) is 3. The maximum absolute atomic E-state index is 13.4. The summed E-state index contributed by atoms with van der Waals surface area (Å²) in [6.07, 6.45) is 1.88. The Morgan fingerprint density at radius 1 is 1.04 bits per heavy atom. The highest BCUT2D eigenvalue weighted by atomic mass is 32.2. The van der Waals surface area contributed by atoms with Crippen LogP contribution in [0.3, 0.4) is 0 Å². The van der Waals surface area contributed by atoms with Crippen molar-refractivity contribution in [2.75, 3.05) is 26.7 Å². The van der Waals surface area contributed by atoms with E-state index < -0.39 is 51.3 Å². The molecule has 0 radical (unpaired) electrons. The van der Waals surface area contributed by atoms with Crippen LogP contribution in [-0.4, -0.2) is 92.4 Å². The van der Waals surface area contributed by atoms with Crippen molar-refractivity contribution in [2.45, 2.75) is 136 Å². The van der Waals surface area contributed by atoms with Gasteiger partial charge in [-0.25, -0.2) is 28.6 Å². The largest absolute Gasteiger partial charge is 0.487 e. The SMILES string of the molecule is COC(=O)CC(CCCNC(=N)NS(=O)(=O)c1c(C)c(C)c2c(c1C)CC(C)(C)O2)NC(=O)N(N)CCCCN(C(=O)OC(C)(C)C)C(C)C. The molecule has 50 heavy (non-hydrogen) atoms. The lowest BCUT2D eigenvalue weighted by Crippen LogP contribution is -2.49. The number of hydrogen-bond donors (Lipinski definition) is 5. The van der Waals surface area contributed by atoms with Crippen molar-refractivity contribution in [2.24, 2.45) is 5.84 Å². The summed E-state index contributed by atoms with van der Waals surface area (Å²) in [5.41, 5.74) is 1.71. The summed E-state index contributed by atoms with van der Waals surface area (Å²) in [5, 5.41) is 14.8. The topological polar surface area (TPSA) is 205 Å². The number of rotatable bonds is 15. The zero-order valence-corrected chi connectivity index (χ0v) is 32.5. The number of fused-ring (bicyclic) bond motifs is 1. The minimum atomic E-state index is -4.09. The van der Waals surface area contributed by atoms with Gasteiger partial charge in [-0.15, -0.1) is 0 Å². The Morgan fingerprint density at radius 2 is 1.66 bits per heavy atom. The molecule has 16 heteroatoms. The van der Waals surface area contributed by atoms with Gasteiger partial charge >= 0.3 is 18.1 Å². The van der Waals surface area contributed by atoms with Crippen LogP contribution in [0.5, 0.6) is 5.75 Å². The summed E-state index contributed by atoms with van der Waals surface area (Å²) in [5.74, 6) is 5.81. The molecule has 2 rings (SSSR count). The lowest BCUT2D eigenvalue weighted by atomic mass is 9.94. The Hall–Kier alpha value is -3.79. The molecule has 0 spiro atoms. The summed E-state index contributed by atoms with van der Waals surface area (Å²) >= 11 is 0. The van der Waals surface area contributed by atoms with Gasteiger partial charge in [0, 0.05) is 43.7 Å². The number of amides is 3. The molecule has 15 nitrogen and oxygen atoms in total. The molecule has 1 unspecified atom stereocenters. The molecule has 6 N–H and O–H groups in total. The third-order valence-corrected chi connectivity index (χ3v) is 9.98. The van der Waals surface area contributed by atoms with Crippen molar-refractivity contribution < 1.29 is 37.0 Å². The number of benzene rings is 1. The van der Waals surface area contributed by atoms with E-state index in [1.54, 1.807) is 18.7 Å². The van der Waals surface area contributed by atoms with Crippen LogP contribution in [0.15, 0.2) is 4.90 Å². The van der Waals surface area contributed by atoms with Crippen molar-refractivity contribution in [1.29, 1.82) is 5.41 Å². The predicted octanol–water partition coefficient (Wildman–Crippen LogP) is 4.15. The Labute approximate surface area is 297 Å². The number of urea groups is 1. The van der Waals surface area contributed by atoms with Crippen molar-refractivity contribution in [3.63, 3.8) is 0 Å². The fourth-order valence-corrected chi connectivity index (χ4v) is 7.27. The van der Waals surface area contributed by atoms with E-state index in [1.807, 2.05) is 55.4 Å². The van der Waals surface area contributed by atoms with Crippen molar-refractivity contribution >= 4 is 34.1 Å². The van der Waals surface area contributed by atoms with E-state index in [1.165, 1.54) is 7.11 Å². The number of nitrogens with one attached hydrogen (secondary N) is 4. The average Bonchev–Trinajstić information content (AvgIpc) is 3.31. The van der Waals surface area contributed by atoms with Gasteiger partial charge in [0.2, 0.25) is 5.96 Å². The molecule has 0 saturated heterocycles. The number of sulfonamides is 1. The lowest BCUT2D eigenvalue weighted by molar-refractivity contribution is -0.141. The first-order valence-corrected chi connectivity index (χ1v) is 18.5. The second-order valence-corrected chi connectivity index (χ2v) is 16.3. The van der Waals surface area contributed by atoms with Crippen LogP contribution in [0, 0.1) is 26.2 Å². The highest BCUT2D eigenvalue weighted by molar-refractivity contribution is 7.90. The van der Waals surface area contributed by atoms with Gasteiger partial charge in [-0.3, -0.25) is 15.2 Å². The van der Waals surface area contributed by atoms with Gasteiger partial charge in [0.05, 0.1) is 18.4 Å². The minimum Gasteiger partial charge on any atom is -0.487 e. The molecule has 1 heterocycles. The molecule has 284 valence electrons. The van der Waals surface area contributed by atoms with Crippen LogP contribution in [0.1, 0.15) is 103 Å². The smallest absolute Gasteiger partial charge is 0.410 e. The number of hydrazine groups is 1. The van der Waals surface area contributed by atoms with E-state index in [2.05, 4.69) is 15.4 Å². The Kier molecular flexibility index (Phi) is 14.8. The molecule has 1 aliphatic heterocycles. The van der Waals surface area contributed by atoms with E-state index in [4.69, 9.17) is 25.5 Å². The van der Waals surface area contributed by atoms with Gasteiger partial charge in [-0.2, -0.15) is 0 Å². The summed E-state index contributed by atoms with van der Waals surface area (Å²) in [7, 11) is -2.83. The summed E-state index contributed by atoms with van der Waals surface area (Å²) < 4.78 is 45.6. The summed E-state index contributed by atoms with van der Waals surface area (Å²) in [6, 6.07) is -1.27. The molecule has 1 aromatic carbocycles. The number of esters is 1. The van der Waals surface area contributed by atoms with E-state index in [0.29, 0.717) is 49.8 Å². The molecule has 0 fully saturated rings. The van der Waals surface area contributed by atoms with Crippen LogP contribution in [0.4, 0.5) is 9.59 Å². The fourth-order valence-electron chi connectivity index (χ4n) is 5.75. The highest BCUT2D eigenvalue weighted by Gasteiger charge is 2.37. The molecular weight excluding hydrogens is 666 g/mol. The third-order valence-electron chi connectivity index (χ3n) is 8.36. The number of carbonyl (C=O) groups excluding carboxylic acids is 3.